The van der Waals surface area contributed by atoms with Gasteiger partial charge in [0.25, 0.3) is 0 Å². The van der Waals surface area contributed by atoms with Crippen molar-refractivity contribution in [3.8, 4) is 0 Å². The maximum Gasteiger partial charge on any atom is 1.00 e. The minimum Gasteiger partial charge on any atom is -0.677 e. The molecule has 0 rings (SSSR count). The topological polar surface area (TPSA) is 176 Å². The van der Waals surface area contributed by atoms with Crippen LogP contribution < -0.4 is 29.6 Å². The Kier molecular flexibility index (Phi) is 14.5. The molecule has 0 aliphatic rings. The zero-order valence-corrected chi connectivity index (χ0v) is 14.7. The maximum absolute atomic E-state index is 10.5. The van der Waals surface area contributed by atoms with Gasteiger partial charge in [0.15, 0.2) is 5.60 Å². The largest absolute Gasteiger partial charge is 1.00 e. The molecule has 11 heteroatoms. The molecule has 0 aromatic carbocycles. The van der Waals surface area contributed by atoms with Crippen LogP contribution in [-0.2, 0) is 19.2 Å². The summed E-state index contributed by atoms with van der Waals surface area (Å²) < 4.78 is 0. The molecule has 0 saturated carbocycles. The molecule has 0 saturated heterocycles. The summed E-state index contributed by atoms with van der Waals surface area (Å²) in [5.41, 5.74) is 3.94. The van der Waals surface area contributed by atoms with E-state index in [1.807, 2.05) is 0 Å². The summed E-state index contributed by atoms with van der Waals surface area (Å²) in [6, 6.07) is 0. The predicted octanol–water partition coefficient (Wildman–Crippen LogP) is -3.73. The number of aliphatic carboxylic acids is 3. The number of carbonyl (C=O) groups is 4. The number of rotatable bonds is 7. The quantitative estimate of drug-likeness (QED) is 0.344. The Bertz CT molecular complexity index is 384. The van der Waals surface area contributed by atoms with Crippen LogP contribution in [0, 0.1) is 0 Å². The molecule has 22 heavy (non-hydrogen) atoms. The molecule has 0 radical (unpaired) electrons. The van der Waals surface area contributed by atoms with E-state index in [4.69, 9.17) is 26.2 Å². The molecule has 0 aliphatic heterocycles. The fraction of sp³-hybridized carbons (Fsp3) is 0.636. The molecule has 0 spiro atoms. The van der Waals surface area contributed by atoms with Gasteiger partial charge in [-0.1, -0.05) is 0 Å². The third kappa shape index (κ3) is 12.5. The van der Waals surface area contributed by atoms with Crippen LogP contribution in [-0.4, -0.2) is 75.4 Å². The van der Waals surface area contributed by atoms with Crippen molar-refractivity contribution in [3.63, 3.8) is 0 Å². The minimum atomic E-state index is -2.74. The van der Waals surface area contributed by atoms with Crippen molar-refractivity contribution in [1.29, 1.82) is 0 Å². The zero-order chi connectivity index (χ0) is 17.2. The van der Waals surface area contributed by atoms with Crippen molar-refractivity contribution in [2.24, 2.45) is 0 Å². The first kappa shape index (κ1) is 25.7. The number of carboxylic acid groups (broad SMARTS) is 3. The Morgan fingerprint density at radius 1 is 1.00 bits per heavy atom. The third-order valence-corrected chi connectivity index (χ3v) is 2.12. The molecular weight excluding hydrogens is 311 g/mol. The Balaban J connectivity index is -0.000000348. The second kappa shape index (κ2) is 12.4. The normalized spacial score (nSPS) is 9.64. The predicted molar refractivity (Wildman–Crippen MR) is 69.6 cm³/mol. The number of hydrogen-bond donors (Lipinski definition) is 4. The van der Waals surface area contributed by atoms with Crippen LogP contribution >= 0.6 is 0 Å². The van der Waals surface area contributed by atoms with Crippen LogP contribution in [0.1, 0.15) is 19.3 Å². The van der Waals surface area contributed by atoms with E-state index in [1.54, 1.807) is 14.1 Å². The van der Waals surface area contributed by atoms with Gasteiger partial charge in [-0.3, -0.25) is 14.4 Å². The summed E-state index contributed by atoms with van der Waals surface area (Å²) >= 11 is 0. The number of amides is 1. The summed E-state index contributed by atoms with van der Waals surface area (Å²) in [4.78, 5) is 42.5. The number of nitrogens with zero attached hydrogens (tertiary/aromatic N) is 1. The molecule has 0 unspecified atom stereocenters. The molecule has 122 valence electrons. The van der Waals surface area contributed by atoms with Crippen LogP contribution in [0.15, 0.2) is 0 Å². The van der Waals surface area contributed by atoms with Gasteiger partial charge in [-0.15, -0.1) is 6.54 Å². The second-order valence-electron chi connectivity index (χ2n) is 4.27. The molecule has 5 N–H and O–H groups in total. The summed E-state index contributed by atoms with van der Waals surface area (Å²) in [7, 11) is 3.38. The Morgan fingerprint density at radius 2 is 1.36 bits per heavy atom. The summed E-state index contributed by atoms with van der Waals surface area (Å²) in [6.45, 7) is 0.191. The van der Waals surface area contributed by atoms with E-state index in [-0.39, 0.29) is 42.0 Å². The Morgan fingerprint density at radius 3 is 1.50 bits per heavy atom. The van der Waals surface area contributed by atoms with Crippen LogP contribution in [0.25, 0.3) is 5.73 Å². The second-order valence-corrected chi connectivity index (χ2v) is 4.27. The van der Waals surface area contributed by atoms with Gasteiger partial charge in [0.1, 0.15) is 0 Å². The van der Waals surface area contributed by atoms with Crippen LogP contribution in [0.2, 0.25) is 0 Å². The number of aliphatic hydroxyl groups is 1. The first-order valence-electron chi connectivity index (χ1n) is 5.70. The first-order valence-corrected chi connectivity index (χ1v) is 5.70. The summed E-state index contributed by atoms with van der Waals surface area (Å²) in [6.07, 6.45) is -1.95. The van der Waals surface area contributed by atoms with Crippen LogP contribution in [0.4, 0.5) is 0 Å². The Labute approximate surface area is 149 Å². The van der Waals surface area contributed by atoms with Gasteiger partial charge in [0, 0.05) is 20.5 Å². The van der Waals surface area contributed by atoms with Gasteiger partial charge in [-0.2, -0.15) is 0 Å². The van der Waals surface area contributed by atoms with Gasteiger partial charge >= 0.3 is 47.5 Å². The van der Waals surface area contributed by atoms with Gasteiger partial charge in [-0.05, 0) is 0 Å². The fourth-order valence-corrected chi connectivity index (χ4v) is 1.04. The molecule has 10 nitrogen and oxygen atoms in total. The molecule has 0 aromatic heterocycles. The number of hydrogen-bond acceptors (Lipinski definition) is 5. The van der Waals surface area contributed by atoms with Gasteiger partial charge in [-0.25, -0.2) is 4.79 Å². The van der Waals surface area contributed by atoms with Gasteiger partial charge < -0.3 is 31.1 Å². The zero-order valence-electron chi connectivity index (χ0n) is 12.7. The molecule has 0 atom stereocenters. The summed E-state index contributed by atoms with van der Waals surface area (Å²) in [5.74, 6) is -4.99. The van der Waals surface area contributed by atoms with Crippen molar-refractivity contribution < 1.29 is 69.2 Å². The minimum absolute atomic E-state index is 0. The Hall–Kier alpha value is -1.20. The standard InChI is InChI=1S/C6H8O7.C5H11N2O.Na/c7-3(8)1-6(13,5(11)12)2-4(9)10;1-7(2)5(8)3-4-6;/h13H,1-2H2,(H,7,8)(H,9,10)(H,11,12);6H,3-4H2,1-2H3;/q;-1;+1. The molecule has 0 aliphatic carbocycles. The van der Waals surface area contributed by atoms with Crippen LogP contribution in [0.5, 0.6) is 0 Å². The van der Waals surface area contributed by atoms with Crippen molar-refractivity contribution in [1.82, 2.24) is 4.90 Å². The van der Waals surface area contributed by atoms with E-state index >= 15 is 0 Å². The van der Waals surface area contributed by atoms with Crippen LogP contribution in [0.3, 0.4) is 0 Å². The fourth-order valence-electron chi connectivity index (χ4n) is 1.04. The molecule has 0 bridgehead atoms. The smallest absolute Gasteiger partial charge is 0.677 e. The molecule has 0 aromatic rings. The number of carboxylic acids is 3. The van der Waals surface area contributed by atoms with E-state index in [1.165, 1.54) is 4.90 Å². The van der Waals surface area contributed by atoms with Crippen molar-refractivity contribution >= 4 is 23.8 Å². The van der Waals surface area contributed by atoms with E-state index in [0.29, 0.717) is 6.42 Å². The van der Waals surface area contributed by atoms with E-state index < -0.39 is 36.4 Å². The molecular formula is C11H19N2NaO8. The van der Waals surface area contributed by atoms with Crippen molar-refractivity contribution in [3.05, 3.63) is 5.73 Å². The molecule has 0 heterocycles. The average Bonchev–Trinajstić information content (AvgIpc) is 2.27. The van der Waals surface area contributed by atoms with E-state index in [0.717, 1.165) is 0 Å². The summed E-state index contributed by atoms with van der Waals surface area (Å²) in [5, 5.41) is 33.8. The molecule has 0 fully saturated rings. The molecule has 1 amide bonds. The van der Waals surface area contributed by atoms with Gasteiger partial charge in [0.2, 0.25) is 5.91 Å². The van der Waals surface area contributed by atoms with E-state index in [2.05, 4.69) is 0 Å². The first-order chi connectivity index (χ1) is 9.46. The van der Waals surface area contributed by atoms with Crippen molar-refractivity contribution in [2.45, 2.75) is 24.9 Å². The maximum atomic E-state index is 10.5. The SMILES string of the molecule is CN(C)C(=O)CC[NH-].O=C(O)CC(O)(CC(=O)O)C(=O)O.[Na+]. The average molecular weight is 330 g/mol. The third-order valence-electron chi connectivity index (χ3n) is 2.12. The van der Waals surface area contributed by atoms with Crippen molar-refractivity contribution in [2.75, 3.05) is 20.6 Å². The van der Waals surface area contributed by atoms with E-state index in [9.17, 15) is 19.2 Å². The monoisotopic (exact) mass is 330 g/mol. The number of nitrogens with one attached hydrogen (secondary N) is 1. The van der Waals surface area contributed by atoms with Gasteiger partial charge in [0.05, 0.1) is 12.8 Å². The number of carbonyl (C=O) groups excluding carboxylic acids is 1.